The molecule has 0 atom stereocenters. The summed E-state index contributed by atoms with van der Waals surface area (Å²) in [5, 5.41) is 0.724. The van der Waals surface area contributed by atoms with E-state index < -0.39 is 10.0 Å². The van der Waals surface area contributed by atoms with E-state index in [9.17, 15) is 8.42 Å². The van der Waals surface area contributed by atoms with Gasteiger partial charge < -0.3 is 10.2 Å². The van der Waals surface area contributed by atoms with Gasteiger partial charge in [-0.2, -0.15) is 0 Å². The van der Waals surface area contributed by atoms with Crippen molar-refractivity contribution < 1.29 is 13.2 Å². The number of ether oxygens (including phenoxy) is 1. The molecule has 1 aromatic carbocycles. The smallest absolute Gasteiger partial charge is 0.240 e. The highest BCUT2D eigenvalue weighted by molar-refractivity contribution is 7.89. The molecule has 0 aliphatic rings. The Morgan fingerprint density at radius 3 is 2.81 bits per heavy atom. The quantitative estimate of drug-likeness (QED) is 0.397. The number of benzene rings is 1. The van der Waals surface area contributed by atoms with Crippen LogP contribution in [0.4, 0.5) is 5.82 Å². The molecule has 0 saturated heterocycles. The molecule has 7 nitrogen and oxygen atoms in total. The van der Waals surface area contributed by atoms with Crippen LogP contribution in [0.15, 0.2) is 35.2 Å². The van der Waals surface area contributed by atoms with Crippen molar-refractivity contribution >= 4 is 26.7 Å². The predicted octanol–water partition coefficient (Wildman–Crippen LogP) is 0.835. The summed E-state index contributed by atoms with van der Waals surface area (Å²) in [5.74, 6) is 5.81. The molecule has 8 heteroatoms. The summed E-state index contributed by atoms with van der Waals surface area (Å²) in [6.07, 6.45) is 0. The van der Waals surface area contributed by atoms with Gasteiger partial charge in [0.15, 0.2) is 0 Å². The minimum absolute atomic E-state index is 0.196. The zero-order valence-electron chi connectivity index (χ0n) is 11.7. The summed E-state index contributed by atoms with van der Waals surface area (Å²) in [6.45, 7) is 3.00. The first-order valence-electron chi connectivity index (χ1n) is 6.51. The number of nitrogens with two attached hydrogens (primary N) is 1. The molecule has 1 heterocycles. The maximum Gasteiger partial charge on any atom is 0.240 e. The monoisotopic (exact) mass is 310 g/mol. The number of nitrogen functional groups attached to an aromatic ring is 1. The lowest BCUT2D eigenvalue weighted by Crippen LogP contribution is -2.27. The van der Waals surface area contributed by atoms with E-state index in [2.05, 4.69) is 15.1 Å². The number of pyridine rings is 1. The van der Waals surface area contributed by atoms with Crippen molar-refractivity contribution in [3.63, 3.8) is 0 Å². The first-order valence-corrected chi connectivity index (χ1v) is 8.00. The Kier molecular flexibility index (Phi) is 5.07. The number of hydrogen-bond donors (Lipinski definition) is 3. The zero-order valence-corrected chi connectivity index (χ0v) is 12.5. The predicted molar refractivity (Wildman–Crippen MR) is 81.2 cm³/mol. The van der Waals surface area contributed by atoms with Gasteiger partial charge in [-0.15, -0.1) is 0 Å². The Labute approximate surface area is 123 Å². The fourth-order valence-corrected chi connectivity index (χ4v) is 2.88. The molecule has 1 aromatic heterocycles. The lowest BCUT2D eigenvalue weighted by molar-refractivity contribution is 0.153. The number of rotatable bonds is 7. The normalized spacial score (nSPS) is 11.7. The summed E-state index contributed by atoms with van der Waals surface area (Å²) in [5.41, 5.74) is 3.11. The molecular weight excluding hydrogens is 292 g/mol. The van der Waals surface area contributed by atoms with Crippen LogP contribution in [0.2, 0.25) is 0 Å². The van der Waals surface area contributed by atoms with E-state index in [0.717, 1.165) is 5.39 Å². The highest BCUT2D eigenvalue weighted by atomic mass is 32.2. The van der Waals surface area contributed by atoms with E-state index in [1.54, 1.807) is 24.3 Å². The SMILES string of the molecule is CCOCCNS(=O)(=O)c1ccc2nc(NN)ccc2c1. The molecule has 2 aromatic rings. The average Bonchev–Trinajstić information content (AvgIpc) is 2.50. The van der Waals surface area contributed by atoms with Crippen LogP contribution in [0, 0.1) is 0 Å². The Morgan fingerprint density at radius 1 is 1.29 bits per heavy atom. The number of hydrazine groups is 1. The van der Waals surface area contributed by atoms with Crippen LogP contribution in [0.1, 0.15) is 6.92 Å². The fourth-order valence-electron chi connectivity index (χ4n) is 1.83. The molecule has 0 fully saturated rings. The van der Waals surface area contributed by atoms with Crippen LogP contribution in [0.3, 0.4) is 0 Å². The number of aromatic nitrogens is 1. The maximum absolute atomic E-state index is 12.1. The van der Waals surface area contributed by atoms with Crippen molar-refractivity contribution in [2.75, 3.05) is 25.2 Å². The van der Waals surface area contributed by atoms with E-state index in [-0.39, 0.29) is 11.4 Å². The molecule has 0 amide bonds. The van der Waals surface area contributed by atoms with Gasteiger partial charge in [-0.25, -0.2) is 24.0 Å². The van der Waals surface area contributed by atoms with E-state index in [4.69, 9.17) is 10.6 Å². The standard InChI is InChI=1S/C13H18N4O3S/c1-2-20-8-7-15-21(18,19)11-4-5-12-10(9-11)3-6-13(16-12)17-14/h3-6,9,15H,2,7-8,14H2,1H3,(H,16,17). The Morgan fingerprint density at radius 2 is 2.10 bits per heavy atom. The van der Waals surface area contributed by atoms with Gasteiger partial charge in [0.05, 0.1) is 17.0 Å². The van der Waals surface area contributed by atoms with Crippen LogP contribution in [0.25, 0.3) is 10.9 Å². The lowest BCUT2D eigenvalue weighted by atomic mass is 10.2. The number of anilines is 1. The molecule has 0 bridgehead atoms. The van der Waals surface area contributed by atoms with Gasteiger partial charge in [0, 0.05) is 18.5 Å². The van der Waals surface area contributed by atoms with Crippen molar-refractivity contribution in [2.45, 2.75) is 11.8 Å². The molecule has 0 aliphatic heterocycles. The summed E-state index contributed by atoms with van der Waals surface area (Å²) in [4.78, 5) is 4.43. The topological polar surface area (TPSA) is 106 Å². The number of sulfonamides is 1. The molecule has 0 aliphatic carbocycles. The molecular formula is C13H18N4O3S. The molecule has 21 heavy (non-hydrogen) atoms. The summed E-state index contributed by atoms with van der Waals surface area (Å²) >= 11 is 0. The number of nitrogens with zero attached hydrogens (tertiary/aromatic N) is 1. The first-order chi connectivity index (χ1) is 10.1. The van der Waals surface area contributed by atoms with E-state index >= 15 is 0 Å². The zero-order chi connectivity index (χ0) is 15.3. The van der Waals surface area contributed by atoms with Crippen LogP contribution < -0.4 is 16.0 Å². The molecule has 0 saturated carbocycles. The largest absolute Gasteiger partial charge is 0.380 e. The van der Waals surface area contributed by atoms with Crippen LogP contribution in [-0.2, 0) is 14.8 Å². The number of hydrogen-bond acceptors (Lipinski definition) is 6. The molecule has 4 N–H and O–H groups in total. The second-order valence-corrected chi connectivity index (χ2v) is 6.06. The van der Waals surface area contributed by atoms with Gasteiger partial charge >= 0.3 is 0 Å². The van der Waals surface area contributed by atoms with Crippen molar-refractivity contribution in [1.82, 2.24) is 9.71 Å². The van der Waals surface area contributed by atoms with Gasteiger partial charge in [0.25, 0.3) is 0 Å². The Hall–Kier alpha value is -1.74. The van der Waals surface area contributed by atoms with Crippen LogP contribution >= 0.6 is 0 Å². The molecule has 0 spiro atoms. The fraction of sp³-hybridized carbons (Fsp3) is 0.308. The van der Waals surface area contributed by atoms with E-state index in [1.165, 1.54) is 6.07 Å². The lowest BCUT2D eigenvalue weighted by Gasteiger charge is -2.08. The third-order valence-corrected chi connectivity index (χ3v) is 4.32. The number of fused-ring (bicyclic) bond motifs is 1. The molecule has 0 unspecified atom stereocenters. The van der Waals surface area contributed by atoms with Crippen LogP contribution in [-0.4, -0.2) is 33.2 Å². The van der Waals surface area contributed by atoms with E-state index in [1.807, 2.05) is 6.92 Å². The van der Waals surface area contributed by atoms with Crippen molar-refractivity contribution in [2.24, 2.45) is 5.84 Å². The van der Waals surface area contributed by atoms with Crippen molar-refractivity contribution in [1.29, 1.82) is 0 Å². The van der Waals surface area contributed by atoms with Crippen molar-refractivity contribution in [3.8, 4) is 0 Å². The third kappa shape index (κ3) is 3.88. The minimum atomic E-state index is -3.55. The Bertz CT molecular complexity index is 718. The molecule has 114 valence electrons. The van der Waals surface area contributed by atoms with E-state index in [0.29, 0.717) is 24.5 Å². The molecule has 2 rings (SSSR count). The summed E-state index contributed by atoms with van der Waals surface area (Å²) in [6, 6.07) is 8.18. The summed E-state index contributed by atoms with van der Waals surface area (Å²) < 4.78 is 31.9. The van der Waals surface area contributed by atoms with Gasteiger partial charge in [0.2, 0.25) is 10.0 Å². The Balaban J connectivity index is 2.21. The third-order valence-electron chi connectivity index (χ3n) is 2.86. The second-order valence-electron chi connectivity index (χ2n) is 4.29. The highest BCUT2D eigenvalue weighted by Crippen LogP contribution is 2.19. The first kappa shape index (κ1) is 15.6. The summed E-state index contributed by atoms with van der Waals surface area (Å²) in [7, 11) is -3.55. The van der Waals surface area contributed by atoms with Crippen LogP contribution in [0.5, 0.6) is 0 Å². The van der Waals surface area contributed by atoms with Crippen molar-refractivity contribution in [3.05, 3.63) is 30.3 Å². The molecule has 0 radical (unpaired) electrons. The van der Waals surface area contributed by atoms with Gasteiger partial charge in [-0.1, -0.05) is 0 Å². The number of nitrogens with one attached hydrogen (secondary N) is 2. The average molecular weight is 310 g/mol. The van der Waals surface area contributed by atoms with Gasteiger partial charge in [-0.05, 0) is 37.3 Å². The minimum Gasteiger partial charge on any atom is -0.380 e. The highest BCUT2D eigenvalue weighted by Gasteiger charge is 2.14. The van der Waals surface area contributed by atoms with Gasteiger partial charge in [0.1, 0.15) is 5.82 Å². The second kappa shape index (κ2) is 6.81. The maximum atomic E-state index is 12.1. The van der Waals surface area contributed by atoms with Gasteiger partial charge in [-0.3, -0.25) is 0 Å².